The summed E-state index contributed by atoms with van der Waals surface area (Å²) in [5, 5.41) is 2.16. The molecule has 8 heavy (non-hydrogen) atoms. The summed E-state index contributed by atoms with van der Waals surface area (Å²) in [6, 6.07) is 0. The maximum Gasteiger partial charge on any atom is 0.286 e. The molecule has 0 aliphatic heterocycles. The number of nitrogens with zero attached hydrogens (tertiary/aromatic N) is 1. The Morgan fingerprint density at radius 2 is 2.00 bits per heavy atom. The molecule has 0 heterocycles. The Labute approximate surface area is 44.8 Å². The van der Waals surface area contributed by atoms with Gasteiger partial charge in [-0.2, -0.15) is 4.91 Å². The summed E-state index contributed by atoms with van der Waals surface area (Å²) >= 11 is 0. The maximum absolute atomic E-state index is 9.97. The van der Waals surface area contributed by atoms with E-state index in [1.165, 1.54) is 0 Å². The zero-order chi connectivity index (χ0) is 6.57. The van der Waals surface area contributed by atoms with Crippen molar-refractivity contribution in [1.82, 2.24) is 0 Å². The van der Waals surface area contributed by atoms with Gasteiger partial charge in [-0.3, -0.25) is 9.59 Å². The predicted molar refractivity (Wildman–Crippen MR) is 24.9 cm³/mol. The van der Waals surface area contributed by atoms with Gasteiger partial charge in [0.2, 0.25) is 5.78 Å². The molecule has 5 heteroatoms. The number of primary amides is 1. The minimum Gasteiger partial charge on any atom is -0.363 e. The van der Waals surface area contributed by atoms with E-state index < -0.39 is 18.2 Å². The number of rotatable bonds is 3. The van der Waals surface area contributed by atoms with Crippen molar-refractivity contribution in [3.8, 4) is 0 Å². The second kappa shape index (κ2) is 2.84. The molecule has 1 amide bonds. The second-order valence-corrected chi connectivity index (χ2v) is 1.07. The fraction of sp³-hybridized carbons (Fsp3) is 0.333. The van der Waals surface area contributed by atoms with Gasteiger partial charge < -0.3 is 5.73 Å². The monoisotopic (exact) mass is 116 g/mol. The second-order valence-electron chi connectivity index (χ2n) is 1.07. The number of Topliss-reactive ketones (excluding diaryl/α,β-unsaturated/α-hetero) is 1. The highest BCUT2D eigenvalue weighted by Gasteiger charge is 2.06. The van der Waals surface area contributed by atoms with Crippen LogP contribution in [0.15, 0.2) is 5.18 Å². The Bertz CT molecular complexity index is 130. The van der Waals surface area contributed by atoms with Crippen molar-refractivity contribution in [3.63, 3.8) is 0 Å². The van der Waals surface area contributed by atoms with E-state index in [0.29, 0.717) is 0 Å². The van der Waals surface area contributed by atoms with E-state index in [1.54, 1.807) is 0 Å². The lowest BCUT2D eigenvalue weighted by molar-refractivity contribution is -0.135. The molecule has 0 aromatic rings. The third kappa shape index (κ3) is 2.01. The zero-order valence-corrected chi connectivity index (χ0v) is 3.96. The molecule has 0 bridgehead atoms. The summed E-state index contributed by atoms with van der Waals surface area (Å²) < 4.78 is 0. The number of carbonyl (C=O) groups excluding carboxylic acids is 2. The molecule has 0 aromatic carbocycles. The Hall–Kier alpha value is -1.26. The van der Waals surface area contributed by atoms with Crippen LogP contribution in [-0.2, 0) is 9.59 Å². The lowest BCUT2D eigenvalue weighted by Gasteiger charge is -1.81. The van der Waals surface area contributed by atoms with Gasteiger partial charge in [0.05, 0.1) is 0 Å². The van der Waals surface area contributed by atoms with Crippen LogP contribution in [0.1, 0.15) is 0 Å². The van der Waals surface area contributed by atoms with Crippen LogP contribution in [-0.4, -0.2) is 18.2 Å². The fourth-order valence-corrected chi connectivity index (χ4v) is 0.137. The number of ketones is 1. The first-order chi connectivity index (χ1) is 3.68. The largest absolute Gasteiger partial charge is 0.363 e. The number of hydrogen-bond acceptors (Lipinski definition) is 4. The molecule has 0 unspecified atom stereocenters. The van der Waals surface area contributed by atoms with Crippen molar-refractivity contribution >= 4 is 11.7 Å². The van der Waals surface area contributed by atoms with Gasteiger partial charge in [-0.15, -0.1) is 0 Å². The molecule has 0 aliphatic carbocycles. The number of amides is 1. The van der Waals surface area contributed by atoms with Crippen LogP contribution in [0.5, 0.6) is 0 Å². The third-order valence-electron chi connectivity index (χ3n) is 0.483. The molecule has 0 aliphatic rings. The number of hydrogen-bond donors (Lipinski definition) is 1. The van der Waals surface area contributed by atoms with Crippen molar-refractivity contribution < 1.29 is 9.59 Å². The normalized spacial score (nSPS) is 8.00. The molecule has 5 nitrogen and oxygen atoms in total. The third-order valence-corrected chi connectivity index (χ3v) is 0.483. The van der Waals surface area contributed by atoms with Gasteiger partial charge >= 0.3 is 0 Å². The van der Waals surface area contributed by atoms with Gasteiger partial charge in [0.1, 0.15) is 6.54 Å². The minimum atomic E-state index is -1.12. The molecule has 0 radical (unpaired) electrons. The van der Waals surface area contributed by atoms with Crippen molar-refractivity contribution in [2.45, 2.75) is 0 Å². The lowest BCUT2D eigenvalue weighted by Crippen LogP contribution is -2.24. The predicted octanol–water partition coefficient (Wildman–Crippen LogP) is -1.19. The molecule has 2 N–H and O–H groups in total. The summed E-state index contributed by atoms with van der Waals surface area (Å²) in [4.78, 5) is 29.0. The smallest absolute Gasteiger partial charge is 0.286 e. The standard InChI is InChI=1S/C3H4N2O3/c4-3(7)2(6)1-5-8/h1H2,(H2,4,7). The van der Waals surface area contributed by atoms with Gasteiger partial charge in [-0.1, -0.05) is 5.18 Å². The van der Waals surface area contributed by atoms with E-state index in [-0.39, 0.29) is 0 Å². The van der Waals surface area contributed by atoms with E-state index in [1.807, 2.05) is 0 Å². The molecule has 0 spiro atoms. The van der Waals surface area contributed by atoms with Crippen LogP contribution < -0.4 is 5.73 Å². The van der Waals surface area contributed by atoms with E-state index >= 15 is 0 Å². The maximum atomic E-state index is 9.97. The quantitative estimate of drug-likeness (QED) is 0.371. The van der Waals surface area contributed by atoms with Gasteiger partial charge in [0.15, 0.2) is 0 Å². The average molecular weight is 116 g/mol. The lowest BCUT2D eigenvalue weighted by atomic mass is 10.4. The van der Waals surface area contributed by atoms with Crippen molar-refractivity contribution in [2.75, 3.05) is 6.54 Å². The molecular weight excluding hydrogens is 112 g/mol. The van der Waals surface area contributed by atoms with Crippen LogP contribution in [0.25, 0.3) is 0 Å². The average Bonchev–Trinajstić information content (AvgIpc) is 1.67. The topological polar surface area (TPSA) is 89.6 Å². The summed E-state index contributed by atoms with van der Waals surface area (Å²) in [6.07, 6.45) is 0. The highest BCUT2D eigenvalue weighted by molar-refractivity contribution is 6.36. The first-order valence-electron chi connectivity index (χ1n) is 1.80. The van der Waals surface area contributed by atoms with Crippen LogP contribution in [0.3, 0.4) is 0 Å². The first kappa shape index (κ1) is 6.74. The molecule has 0 fully saturated rings. The van der Waals surface area contributed by atoms with Crippen molar-refractivity contribution in [3.05, 3.63) is 4.91 Å². The van der Waals surface area contributed by atoms with Gasteiger partial charge in [-0.25, -0.2) is 0 Å². The summed E-state index contributed by atoms with van der Waals surface area (Å²) in [5.41, 5.74) is 4.43. The number of nitroso groups, excluding NO2 is 1. The first-order valence-corrected chi connectivity index (χ1v) is 1.80. The molecule has 0 atom stereocenters. The van der Waals surface area contributed by atoms with E-state index in [4.69, 9.17) is 0 Å². The Balaban J connectivity index is 3.65. The van der Waals surface area contributed by atoms with E-state index in [0.717, 1.165) is 0 Å². The SMILES string of the molecule is NC(=O)C(=O)CN=O. The van der Waals surface area contributed by atoms with Crippen molar-refractivity contribution in [1.29, 1.82) is 0 Å². The molecular formula is C3H4N2O3. The van der Waals surface area contributed by atoms with Gasteiger partial charge in [-0.05, 0) is 0 Å². The molecule has 0 saturated heterocycles. The highest BCUT2D eigenvalue weighted by atomic mass is 16.3. The summed E-state index contributed by atoms with van der Waals surface area (Å²) in [6.45, 7) is -0.657. The van der Waals surface area contributed by atoms with Crippen LogP contribution in [0, 0.1) is 4.91 Å². The molecule has 0 aromatic heterocycles. The van der Waals surface area contributed by atoms with E-state index in [9.17, 15) is 14.5 Å². The van der Waals surface area contributed by atoms with Gasteiger partial charge in [0, 0.05) is 0 Å². The van der Waals surface area contributed by atoms with Crippen LogP contribution in [0.4, 0.5) is 0 Å². The highest BCUT2D eigenvalue weighted by Crippen LogP contribution is 1.69. The van der Waals surface area contributed by atoms with Crippen molar-refractivity contribution in [2.24, 2.45) is 10.9 Å². The number of nitrogens with two attached hydrogens (primary N) is 1. The molecule has 44 valence electrons. The van der Waals surface area contributed by atoms with Crippen LogP contribution >= 0.6 is 0 Å². The van der Waals surface area contributed by atoms with E-state index in [2.05, 4.69) is 10.9 Å². The fourth-order valence-electron chi connectivity index (χ4n) is 0.137. The Kier molecular flexibility index (Phi) is 2.39. The Morgan fingerprint density at radius 3 is 2.12 bits per heavy atom. The minimum absolute atomic E-state index is 0.657. The number of carbonyl (C=O) groups is 2. The molecule has 0 rings (SSSR count). The molecule has 0 saturated carbocycles. The summed E-state index contributed by atoms with van der Waals surface area (Å²) in [7, 11) is 0. The Morgan fingerprint density at radius 1 is 1.50 bits per heavy atom. The van der Waals surface area contributed by atoms with Gasteiger partial charge in [0.25, 0.3) is 5.91 Å². The van der Waals surface area contributed by atoms with Crippen LogP contribution in [0.2, 0.25) is 0 Å². The summed E-state index contributed by atoms with van der Waals surface area (Å²) in [5.74, 6) is -2.08. The zero-order valence-electron chi connectivity index (χ0n) is 3.96.